The third-order valence-corrected chi connectivity index (χ3v) is 3.40. The van der Waals surface area contributed by atoms with Crippen molar-refractivity contribution in [1.29, 1.82) is 0 Å². The summed E-state index contributed by atoms with van der Waals surface area (Å²) in [5, 5.41) is 12.7. The molecular weight excluding hydrogens is 202 g/mol. The van der Waals surface area contributed by atoms with E-state index >= 15 is 0 Å². The lowest BCUT2D eigenvalue weighted by Crippen LogP contribution is -2.35. The van der Waals surface area contributed by atoms with Gasteiger partial charge in [0.2, 0.25) is 5.91 Å². The first-order valence-corrected chi connectivity index (χ1v) is 6.54. The van der Waals surface area contributed by atoms with E-state index in [1.807, 2.05) is 0 Å². The molecule has 0 aromatic heterocycles. The summed E-state index contributed by atoms with van der Waals surface area (Å²) in [4.78, 5) is 11.4. The highest BCUT2D eigenvalue weighted by Gasteiger charge is 2.23. The Balaban J connectivity index is 2.10. The summed E-state index contributed by atoms with van der Waals surface area (Å²) in [5.74, 6) is 1.04. The zero-order valence-electron chi connectivity index (χ0n) is 10.5. The van der Waals surface area contributed by atoms with E-state index in [0.717, 1.165) is 19.3 Å². The maximum atomic E-state index is 11.4. The lowest BCUT2D eigenvalue weighted by atomic mass is 10.0. The van der Waals surface area contributed by atoms with Crippen molar-refractivity contribution in [2.45, 2.75) is 58.5 Å². The third kappa shape index (κ3) is 4.97. The van der Waals surface area contributed by atoms with Gasteiger partial charge in [0.1, 0.15) is 0 Å². The number of aliphatic hydroxyl groups excluding tert-OH is 1. The van der Waals surface area contributed by atoms with E-state index in [4.69, 9.17) is 0 Å². The monoisotopic (exact) mass is 227 g/mol. The van der Waals surface area contributed by atoms with Gasteiger partial charge in [-0.05, 0) is 31.1 Å². The Morgan fingerprint density at radius 2 is 2.00 bits per heavy atom. The van der Waals surface area contributed by atoms with Crippen molar-refractivity contribution in [2.24, 2.45) is 11.8 Å². The summed E-state index contributed by atoms with van der Waals surface area (Å²) >= 11 is 0. The average Bonchev–Trinajstić information content (AvgIpc) is 2.76. The van der Waals surface area contributed by atoms with Crippen LogP contribution in [-0.4, -0.2) is 23.7 Å². The van der Waals surface area contributed by atoms with Gasteiger partial charge in [0.25, 0.3) is 0 Å². The van der Waals surface area contributed by atoms with E-state index in [2.05, 4.69) is 19.2 Å². The maximum absolute atomic E-state index is 11.4. The number of hydrogen-bond acceptors (Lipinski definition) is 2. The molecule has 94 valence electrons. The molecule has 0 aliphatic heterocycles. The Hall–Kier alpha value is -0.570. The Labute approximate surface area is 98.6 Å². The summed E-state index contributed by atoms with van der Waals surface area (Å²) in [6.07, 6.45) is 5.84. The molecule has 0 bridgehead atoms. The van der Waals surface area contributed by atoms with Crippen LogP contribution >= 0.6 is 0 Å². The van der Waals surface area contributed by atoms with Gasteiger partial charge in [-0.15, -0.1) is 0 Å². The van der Waals surface area contributed by atoms with Crippen LogP contribution in [0.4, 0.5) is 0 Å². The number of hydrogen-bond donors (Lipinski definition) is 2. The molecule has 3 nitrogen and oxygen atoms in total. The van der Waals surface area contributed by atoms with Crippen LogP contribution in [0, 0.1) is 11.8 Å². The molecule has 1 aliphatic rings. The Kier molecular flexibility index (Phi) is 5.81. The van der Waals surface area contributed by atoms with Crippen LogP contribution in [0.2, 0.25) is 0 Å². The number of aliphatic hydroxyl groups is 1. The molecule has 1 fully saturated rings. The van der Waals surface area contributed by atoms with Gasteiger partial charge in [0.05, 0.1) is 6.10 Å². The molecule has 1 amide bonds. The van der Waals surface area contributed by atoms with Gasteiger partial charge in [0.15, 0.2) is 0 Å². The molecule has 1 saturated carbocycles. The number of carbonyl (C=O) groups is 1. The summed E-state index contributed by atoms with van der Waals surface area (Å²) < 4.78 is 0. The van der Waals surface area contributed by atoms with Crippen molar-refractivity contribution in [3.05, 3.63) is 0 Å². The van der Waals surface area contributed by atoms with Crippen LogP contribution in [0.1, 0.15) is 52.4 Å². The van der Waals surface area contributed by atoms with Crippen LogP contribution in [0.15, 0.2) is 0 Å². The first-order chi connectivity index (χ1) is 7.59. The standard InChI is InChI=1S/C13H25NO2/c1-10(2)7-8-13(16)14-9-12(15)11-5-3-4-6-11/h10-12,15H,3-9H2,1-2H3,(H,14,16). The van der Waals surface area contributed by atoms with Crippen LogP contribution in [0.5, 0.6) is 0 Å². The Morgan fingerprint density at radius 3 is 2.56 bits per heavy atom. The van der Waals surface area contributed by atoms with Crippen molar-refractivity contribution in [3.8, 4) is 0 Å². The second kappa shape index (κ2) is 6.89. The molecule has 16 heavy (non-hydrogen) atoms. The number of nitrogens with one attached hydrogen (secondary N) is 1. The van der Waals surface area contributed by atoms with Gasteiger partial charge >= 0.3 is 0 Å². The molecule has 0 aromatic carbocycles. The minimum absolute atomic E-state index is 0.0748. The molecule has 0 saturated heterocycles. The number of carbonyl (C=O) groups excluding carboxylic acids is 1. The molecular formula is C13H25NO2. The first-order valence-electron chi connectivity index (χ1n) is 6.54. The summed E-state index contributed by atoms with van der Waals surface area (Å²) in [7, 11) is 0. The van der Waals surface area contributed by atoms with Gasteiger partial charge in [-0.1, -0.05) is 26.7 Å². The fourth-order valence-electron chi connectivity index (χ4n) is 2.24. The van der Waals surface area contributed by atoms with Gasteiger partial charge < -0.3 is 10.4 Å². The van der Waals surface area contributed by atoms with E-state index in [0.29, 0.717) is 24.8 Å². The molecule has 0 spiro atoms. The normalized spacial score (nSPS) is 19.0. The summed E-state index contributed by atoms with van der Waals surface area (Å²) in [6, 6.07) is 0. The topological polar surface area (TPSA) is 49.3 Å². The zero-order chi connectivity index (χ0) is 12.0. The molecule has 1 aliphatic carbocycles. The Bertz CT molecular complexity index is 210. The van der Waals surface area contributed by atoms with Crippen molar-refractivity contribution in [1.82, 2.24) is 5.32 Å². The van der Waals surface area contributed by atoms with Crippen molar-refractivity contribution in [2.75, 3.05) is 6.54 Å². The highest BCUT2D eigenvalue weighted by molar-refractivity contribution is 5.75. The van der Waals surface area contributed by atoms with Crippen molar-refractivity contribution < 1.29 is 9.90 Å². The van der Waals surface area contributed by atoms with Gasteiger partial charge in [0, 0.05) is 13.0 Å². The quantitative estimate of drug-likeness (QED) is 0.730. The Morgan fingerprint density at radius 1 is 1.38 bits per heavy atom. The largest absolute Gasteiger partial charge is 0.391 e. The SMILES string of the molecule is CC(C)CCC(=O)NCC(O)C1CCCC1. The molecule has 0 heterocycles. The van der Waals surface area contributed by atoms with E-state index in [-0.39, 0.29) is 12.0 Å². The molecule has 3 heteroatoms. The summed E-state index contributed by atoms with van der Waals surface area (Å²) in [5.41, 5.74) is 0. The van der Waals surface area contributed by atoms with E-state index in [1.54, 1.807) is 0 Å². The van der Waals surface area contributed by atoms with E-state index < -0.39 is 0 Å². The minimum Gasteiger partial charge on any atom is -0.391 e. The molecule has 1 unspecified atom stereocenters. The first kappa shape index (κ1) is 13.5. The lowest BCUT2D eigenvalue weighted by Gasteiger charge is -2.18. The second-order valence-corrected chi connectivity index (χ2v) is 5.35. The van der Waals surface area contributed by atoms with Crippen LogP contribution in [-0.2, 0) is 4.79 Å². The predicted molar refractivity (Wildman–Crippen MR) is 65.0 cm³/mol. The fourth-order valence-corrected chi connectivity index (χ4v) is 2.24. The molecule has 0 radical (unpaired) electrons. The fraction of sp³-hybridized carbons (Fsp3) is 0.923. The highest BCUT2D eigenvalue weighted by atomic mass is 16.3. The van der Waals surface area contributed by atoms with Crippen LogP contribution in [0.25, 0.3) is 0 Å². The number of rotatable bonds is 6. The van der Waals surface area contributed by atoms with Crippen LogP contribution in [0.3, 0.4) is 0 Å². The number of amides is 1. The van der Waals surface area contributed by atoms with Gasteiger partial charge in [-0.2, -0.15) is 0 Å². The predicted octanol–water partition coefficient (Wildman–Crippen LogP) is 2.09. The second-order valence-electron chi connectivity index (χ2n) is 5.35. The van der Waals surface area contributed by atoms with Gasteiger partial charge in [-0.25, -0.2) is 0 Å². The molecule has 1 atom stereocenters. The van der Waals surface area contributed by atoms with Crippen LogP contribution < -0.4 is 5.32 Å². The van der Waals surface area contributed by atoms with E-state index in [9.17, 15) is 9.90 Å². The molecule has 2 N–H and O–H groups in total. The summed E-state index contributed by atoms with van der Waals surface area (Å²) in [6.45, 7) is 4.66. The van der Waals surface area contributed by atoms with Gasteiger partial charge in [-0.3, -0.25) is 4.79 Å². The maximum Gasteiger partial charge on any atom is 0.220 e. The van der Waals surface area contributed by atoms with E-state index in [1.165, 1.54) is 12.8 Å². The zero-order valence-corrected chi connectivity index (χ0v) is 10.5. The molecule has 0 aromatic rings. The smallest absolute Gasteiger partial charge is 0.220 e. The minimum atomic E-state index is -0.342. The van der Waals surface area contributed by atoms with Crippen molar-refractivity contribution in [3.63, 3.8) is 0 Å². The lowest BCUT2D eigenvalue weighted by molar-refractivity contribution is -0.122. The third-order valence-electron chi connectivity index (χ3n) is 3.40. The highest BCUT2D eigenvalue weighted by Crippen LogP contribution is 2.27. The van der Waals surface area contributed by atoms with Crippen molar-refractivity contribution >= 4 is 5.91 Å². The molecule has 1 rings (SSSR count). The average molecular weight is 227 g/mol.